The smallest absolute Gasteiger partial charge is 0.223 e. The van der Waals surface area contributed by atoms with Crippen LogP contribution in [0.3, 0.4) is 0 Å². The van der Waals surface area contributed by atoms with Crippen molar-refractivity contribution in [1.29, 1.82) is 0 Å². The van der Waals surface area contributed by atoms with Gasteiger partial charge in [0.15, 0.2) is 0 Å². The Kier molecular flexibility index (Phi) is 7.02. The zero-order valence-electron chi connectivity index (χ0n) is 12.3. The van der Waals surface area contributed by atoms with Crippen LogP contribution in [-0.4, -0.2) is 24.6 Å². The highest BCUT2D eigenvalue weighted by Crippen LogP contribution is 2.30. The van der Waals surface area contributed by atoms with Crippen molar-refractivity contribution in [2.75, 3.05) is 6.61 Å². The van der Waals surface area contributed by atoms with E-state index in [9.17, 15) is 4.79 Å². The number of hydrogen-bond donors (Lipinski definition) is 2. The number of nitrogens with one attached hydrogen (secondary N) is 1. The van der Waals surface area contributed by atoms with E-state index in [0.29, 0.717) is 13.0 Å². The van der Waals surface area contributed by atoms with Crippen LogP contribution in [0.15, 0.2) is 22.7 Å². The summed E-state index contributed by atoms with van der Waals surface area (Å²) in [7, 11) is 0. The third kappa shape index (κ3) is 5.92. The first-order valence-corrected chi connectivity index (χ1v) is 7.64. The molecule has 0 radical (unpaired) electrons. The van der Waals surface area contributed by atoms with E-state index in [4.69, 9.17) is 10.5 Å². The van der Waals surface area contributed by atoms with E-state index >= 15 is 0 Å². The molecule has 20 heavy (non-hydrogen) atoms. The molecule has 0 aliphatic carbocycles. The Bertz CT molecular complexity index is 447. The molecule has 1 rings (SSSR count). The number of carbonyl (C=O) groups excluding carboxylic acids is 1. The van der Waals surface area contributed by atoms with Gasteiger partial charge in [0.05, 0.1) is 17.5 Å². The fourth-order valence-corrected chi connectivity index (χ4v) is 2.38. The highest BCUT2D eigenvalue weighted by molar-refractivity contribution is 9.10. The first kappa shape index (κ1) is 17.0. The third-order valence-corrected chi connectivity index (χ3v) is 3.24. The SMILES string of the molecule is CC(N)Cc1cccc(Br)c1OCCC(=O)NC(C)C. The lowest BCUT2D eigenvalue weighted by Gasteiger charge is -2.15. The number of rotatable bonds is 7. The maximum atomic E-state index is 11.6. The second kappa shape index (κ2) is 8.27. The van der Waals surface area contributed by atoms with Crippen LogP contribution in [0.1, 0.15) is 32.8 Å². The van der Waals surface area contributed by atoms with Crippen molar-refractivity contribution >= 4 is 21.8 Å². The summed E-state index contributed by atoms with van der Waals surface area (Å²) in [4.78, 5) is 11.6. The van der Waals surface area contributed by atoms with Crippen LogP contribution >= 0.6 is 15.9 Å². The molecule has 0 spiro atoms. The van der Waals surface area contributed by atoms with E-state index < -0.39 is 0 Å². The van der Waals surface area contributed by atoms with Gasteiger partial charge in [0, 0.05) is 12.1 Å². The summed E-state index contributed by atoms with van der Waals surface area (Å²) >= 11 is 3.48. The van der Waals surface area contributed by atoms with Gasteiger partial charge in [-0.1, -0.05) is 12.1 Å². The summed E-state index contributed by atoms with van der Waals surface area (Å²) < 4.78 is 6.65. The number of amides is 1. The molecule has 3 N–H and O–H groups in total. The van der Waals surface area contributed by atoms with Crippen molar-refractivity contribution in [2.45, 2.75) is 45.7 Å². The summed E-state index contributed by atoms with van der Waals surface area (Å²) in [5.41, 5.74) is 6.89. The van der Waals surface area contributed by atoms with Crippen molar-refractivity contribution < 1.29 is 9.53 Å². The standard InChI is InChI=1S/C15H23BrN2O2/c1-10(2)18-14(19)7-8-20-15-12(9-11(3)17)5-4-6-13(15)16/h4-6,10-11H,7-9,17H2,1-3H3,(H,18,19). The van der Waals surface area contributed by atoms with E-state index in [2.05, 4.69) is 21.2 Å². The van der Waals surface area contributed by atoms with Gasteiger partial charge in [0.1, 0.15) is 5.75 Å². The van der Waals surface area contributed by atoms with Crippen LogP contribution in [0.5, 0.6) is 5.75 Å². The number of para-hydroxylation sites is 1. The quantitative estimate of drug-likeness (QED) is 0.800. The van der Waals surface area contributed by atoms with Crippen LogP contribution < -0.4 is 15.8 Å². The van der Waals surface area contributed by atoms with Crippen molar-refractivity contribution in [2.24, 2.45) is 5.73 Å². The zero-order valence-corrected chi connectivity index (χ0v) is 13.9. The lowest BCUT2D eigenvalue weighted by molar-refractivity contribution is -0.122. The highest BCUT2D eigenvalue weighted by atomic mass is 79.9. The van der Waals surface area contributed by atoms with Crippen LogP contribution in [0, 0.1) is 0 Å². The molecule has 0 heterocycles. The second-order valence-corrected chi connectivity index (χ2v) is 6.08. The molecule has 0 bridgehead atoms. The summed E-state index contributed by atoms with van der Waals surface area (Å²) in [6.07, 6.45) is 1.09. The predicted octanol–water partition coefficient (Wildman–Crippen LogP) is 2.63. The van der Waals surface area contributed by atoms with Crippen LogP contribution in [0.4, 0.5) is 0 Å². The summed E-state index contributed by atoms with van der Waals surface area (Å²) in [5.74, 6) is 0.781. The van der Waals surface area contributed by atoms with Gasteiger partial charge in [0.25, 0.3) is 0 Å². The lowest BCUT2D eigenvalue weighted by atomic mass is 10.1. The lowest BCUT2D eigenvalue weighted by Crippen LogP contribution is -2.31. The number of nitrogens with two attached hydrogens (primary N) is 1. The summed E-state index contributed by atoms with van der Waals surface area (Å²) in [5, 5.41) is 2.84. The molecular weight excluding hydrogens is 320 g/mol. The van der Waals surface area contributed by atoms with Gasteiger partial charge < -0.3 is 15.8 Å². The average molecular weight is 343 g/mol. The van der Waals surface area contributed by atoms with Crippen molar-refractivity contribution in [1.82, 2.24) is 5.32 Å². The molecule has 5 heteroatoms. The molecule has 0 aliphatic heterocycles. The van der Waals surface area contributed by atoms with Crippen molar-refractivity contribution in [3.05, 3.63) is 28.2 Å². The molecule has 0 fully saturated rings. The molecule has 112 valence electrons. The molecule has 0 aromatic heterocycles. The zero-order chi connectivity index (χ0) is 15.1. The number of benzene rings is 1. The summed E-state index contributed by atoms with van der Waals surface area (Å²) in [6, 6.07) is 6.10. The molecule has 0 aliphatic rings. The molecule has 1 aromatic rings. The minimum atomic E-state index is 0.000737. The minimum absolute atomic E-state index is 0.000737. The number of ether oxygens (including phenoxy) is 1. The van der Waals surface area contributed by atoms with Gasteiger partial charge >= 0.3 is 0 Å². The van der Waals surface area contributed by atoms with E-state index in [-0.39, 0.29) is 18.0 Å². The largest absolute Gasteiger partial charge is 0.492 e. The number of halogens is 1. The van der Waals surface area contributed by atoms with E-state index in [1.54, 1.807) is 0 Å². The molecule has 1 unspecified atom stereocenters. The fourth-order valence-electron chi connectivity index (χ4n) is 1.86. The predicted molar refractivity (Wildman–Crippen MR) is 84.9 cm³/mol. The van der Waals surface area contributed by atoms with E-state index in [1.165, 1.54) is 0 Å². The molecular formula is C15H23BrN2O2. The van der Waals surface area contributed by atoms with Crippen molar-refractivity contribution in [3.63, 3.8) is 0 Å². The molecule has 1 amide bonds. The van der Waals surface area contributed by atoms with E-state index in [1.807, 2.05) is 39.0 Å². The monoisotopic (exact) mass is 342 g/mol. The Balaban J connectivity index is 2.60. The van der Waals surface area contributed by atoms with Gasteiger partial charge in [-0.05, 0) is 54.8 Å². The second-order valence-electron chi connectivity index (χ2n) is 5.23. The number of hydrogen-bond acceptors (Lipinski definition) is 3. The Morgan fingerprint density at radius 3 is 2.70 bits per heavy atom. The topological polar surface area (TPSA) is 64.3 Å². The Morgan fingerprint density at radius 2 is 2.10 bits per heavy atom. The van der Waals surface area contributed by atoms with Gasteiger partial charge in [0.2, 0.25) is 5.91 Å². The maximum absolute atomic E-state index is 11.6. The summed E-state index contributed by atoms with van der Waals surface area (Å²) in [6.45, 7) is 6.19. The minimum Gasteiger partial charge on any atom is -0.492 e. The van der Waals surface area contributed by atoms with Gasteiger partial charge in [-0.3, -0.25) is 4.79 Å². The molecule has 1 atom stereocenters. The van der Waals surface area contributed by atoms with Gasteiger partial charge in [-0.25, -0.2) is 0 Å². The fraction of sp³-hybridized carbons (Fsp3) is 0.533. The Morgan fingerprint density at radius 1 is 1.40 bits per heavy atom. The first-order chi connectivity index (χ1) is 9.40. The van der Waals surface area contributed by atoms with Crippen LogP contribution in [-0.2, 0) is 11.2 Å². The Hall–Kier alpha value is -1.07. The molecule has 0 saturated heterocycles. The highest BCUT2D eigenvalue weighted by Gasteiger charge is 2.11. The Labute approximate surface area is 129 Å². The van der Waals surface area contributed by atoms with Crippen molar-refractivity contribution in [3.8, 4) is 5.75 Å². The van der Waals surface area contributed by atoms with Crippen LogP contribution in [0.2, 0.25) is 0 Å². The molecule has 4 nitrogen and oxygen atoms in total. The average Bonchev–Trinajstić information content (AvgIpc) is 2.31. The van der Waals surface area contributed by atoms with Gasteiger partial charge in [-0.15, -0.1) is 0 Å². The third-order valence-electron chi connectivity index (χ3n) is 2.62. The van der Waals surface area contributed by atoms with Gasteiger partial charge in [-0.2, -0.15) is 0 Å². The molecule has 0 saturated carbocycles. The molecule has 1 aromatic carbocycles. The first-order valence-electron chi connectivity index (χ1n) is 6.85. The number of carbonyl (C=O) groups is 1. The maximum Gasteiger partial charge on any atom is 0.223 e. The van der Waals surface area contributed by atoms with E-state index in [0.717, 1.165) is 22.2 Å². The van der Waals surface area contributed by atoms with Crippen LogP contribution in [0.25, 0.3) is 0 Å². The normalized spacial score (nSPS) is 12.3.